The minimum absolute atomic E-state index is 0.0983. The second kappa shape index (κ2) is 13.9. The Hall–Kier alpha value is -4.40. The van der Waals surface area contributed by atoms with E-state index in [1.54, 1.807) is 14.2 Å². The molecule has 1 saturated carbocycles. The Bertz CT molecular complexity index is 1550. The van der Waals surface area contributed by atoms with Gasteiger partial charge in [-0.1, -0.05) is 11.2 Å². The van der Waals surface area contributed by atoms with E-state index in [1.807, 2.05) is 19.9 Å². The number of nitrogens with zero attached hydrogens (tertiary/aromatic N) is 2. The lowest BCUT2D eigenvalue weighted by Crippen LogP contribution is -2.52. The summed E-state index contributed by atoms with van der Waals surface area (Å²) in [5.74, 6) is -2.53. The number of aliphatic carboxylic acids is 1. The number of fused-ring (bicyclic) bond motifs is 1. The van der Waals surface area contributed by atoms with Gasteiger partial charge in [0.05, 0.1) is 19.9 Å². The number of amides is 2. The number of ether oxygens (including phenoxy) is 2. The Kier molecular flexibility index (Phi) is 10.4. The second-order valence-corrected chi connectivity index (χ2v) is 11.3. The molecule has 3 N–H and O–H groups in total. The highest BCUT2D eigenvalue weighted by Gasteiger charge is 2.52. The van der Waals surface area contributed by atoms with Crippen molar-refractivity contribution in [2.45, 2.75) is 69.8 Å². The minimum atomic E-state index is -5.08. The number of carboxylic acid groups (broad SMARTS) is 1. The highest BCUT2D eigenvalue weighted by Crippen LogP contribution is 2.51. The maximum absolute atomic E-state index is 13.6. The Balaban J connectivity index is 0.000000617. The number of carbonyl (C=O) groups excluding carboxylic acids is 1. The summed E-state index contributed by atoms with van der Waals surface area (Å²) in [6.45, 7) is 5.48. The average molecular weight is 655 g/mol. The third-order valence-corrected chi connectivity index (χ3v) is 8.63. The number of methoxy groups -OCH3 is 2. The van der Waals surface area contributed by atoms with Gasteiger partial charge in [-0.3, -0.25) is 4.90 Å². The van der Waals surface area contributed by atoms with Gasteiger partial charge >= 0.3 is 18.2 Å². The van der Waals surface area contributed by atoms with E-state index in [-0.39, 0.29) is 23.2 Å². The van der Waals surface area contributed by atoms with Crippen molar-refractivity contribution >= 4 is 17.7 Å². The molecule has 0 spiro atoms. The zero-order valence-corrected chi connectivity index (χ0v) is 25.6. The summed E-state index contributed by atoms with van der Waals surface area (Å²) in [6.07, 6.45) is -1.76. The molecule has 0 bridgehead atoms. The second-order valence-electron chi connectivity index (χ2n) is 11.3. The molecule has 15 heteroatoms. The predicted molar refractivity (Wildman–Crippen MR) is 156 cm³/mol. The summed E-state index contributed by atoms with van der Waals surface area (Å²) < 4.78 is 75.2. The topological polar surface area (TPSA) is 126 Å². The van der Waals surface area contributed by atoms with Crippen LogP contribution in [0.1, 0.15) is 48.3 Å². The molecule has 2 amide bonds. The zero-order chi connectivity index (χ0) is 33.8. The Labute approximate surface area is 261 Å². The molecule has 5 rings (SSSR count). The highest BCUT2D eigenvalue weighted by molar-refractivity contribution is 5.89. The summed E-state index contributed by atoms with van der Waals surface area (Å²) in [7, 11) is 3.27. The lowest BCUT2D eigenvalue weighted by Gasteiger charge is -2.45. The summed E-state index contributed by atoms with van der Waals surface area (Å²) in [5.41, 5.74) is 3.23. The van der Waals surface area contributed by atoms with E-state index in [0.29, 0.717) is 18.0 Å². The number of halogens is 5. The molecule has 1 aromatic heterocycles. The van der Waals surface area contributed by atoms with Crippen molar-refractivity contribution in [1.29, 1.82) is 0 Å². The maximum atomic E-state index is 13.6. The van der Waals surface area contributed by atoms with Gasteiger partial charge in [-0.25, -0.2) is 18.4 Å². The number of benzene rings is 2. The van der Waals surface area contributed by atoms with Crippen molar-refractivity contribution in [3.8, 4) is 11.5 Å². The molecule has 46 heavy (non-hydrogen) atoms. The van der Waals surface area contributed by atoms with Gasteiger partial charge in [0.15, 0.2) is 23.1 Å². The van der Waals surface area contributed by atoms with Gasteiger partial charge in [-0.2, -0.15) is 13.2 Å². The summed E-state index contributed by atoms with van der Waals surface area (Å²) in [6, 6.07) is 9.05. The van der Waals surface area contributed by atoms with Crippen molar-refractivity contribution in [2.24, 2.45) is 0 Å². The number of carbonyl (C=O) groups is 2. The van der Waals surface area contributed by atoms with Crippen molar-refractivity contribution < 1.29 is 50.6 Å². The smallest absolute Gasteiger partial charge is 0.490 e. The van der Waals surface area contributed by atoms with Crippen LogP contribution in [-0.2, 0) is 16.8 Å². The van der Waals surface area contributed by atoms with Gasteiger partial charge in [0, 0.05) is 41.4 Å². The number of likely N-dealkylation sites (tertiary alicyclic amines) is 1. The van der Waals surface area contributed by atoms with Crippen LogP contribution < -0.4 is 20.1 Å². The zero-order valence-electron chi connectivity index (χ0n) is 25.6. The number of anilines is 1. The molecule has 10 nitrogen and oxygen atoms in total. The maximum Gasteiger partial charge on any atom is 0.490 e. The number of nitrogens with one attached hydrogen (secondary N) is 2. The molecule has 2 aromatic carbocycles. The van der Waals surface area contributed by atoms with Crippen molar-refractivity contribution in [1.82, 2.24) is 15.4 Å². The fourth-order valence-corrected chi connectivity index (χ4v) is 6.30. The van der Waals surface area contributed by atoms with E-state index in [0.717, 1.165) is 61.4 Å². The summed E-state index contributed by atoms with van der Waals surface area (Å²) >= 11 is 0. The quantitative estimate of drug-likeness (QED) is 0.261. The number of urea groups is 1. The van der Waals surface area contributed by atoms with Crippen LogP contribution in [0, 0.1) is 25.5 Å². The molecule has 0 radical (unpaired) electrons. The lowest BCUT2D eigenvalue weighted by atomic mass is 9.65. The third kappa shape index (κ3) is 7.52. The van der Waals surface area contributed by atoms with E-state index in [2.05, 4.69) is 32.8 Å². The molecule has 2 fully saturated rings. The number of hydrogen-bond acceptors (Lipinski definition) is 7. The molecular weight excluding hydrogens is 619 g/mol. The highest BCUT2D eigenvalue weighted by atomic mass is 19.4. The van der Waals surface area contributed by atoms with Crippen molar-refractivity contribution in [2.75, 3.05) is 26.1 Å². The van der Waals surface area contributed by atoms with Crippen molar-refractivity contribution in [3.05, 3.63) is 70.6 Å². The van der Waals surface area contributed by atoms with Gasteiger partial charge in [-0.15, -0.1) is 0 Å². The van der Waals surface area contributed by atoms with E-state index in [9.17, 15) is 26.7 Å². The fraction of sp³-hybridized carbons (Fsp3) is 0.452. The van der Waals surface area contributed by atoms with Gasteiger partial charge in [0.2, 0.25) is 0 Å². The van der Waals surface area contributed by atoms with Gasteiger partial charge in [0.1, 0.15) is 5.76 Å². The molecule has 3 aromatic rings. The molecule has 2 aliphatic rings. The third-order valence-electron chi connectivity index (χ3n) is 8.63. The van der Waals surface area contributed by atoms with Gasteiger partial charge in [-0.05, 0) is 75.9 Å². The van der Waals surface area contributed by atoms with E-state index in [4.69, 9.17) is 23.9 Å². The van der Waals surface area contributed by atoms with Crippen LogP contribution in [0.25, 0.3) is 0 Å². The summed E-state index contributed by atoms with van der Waals surface area (Å²) in [5, 5.41) is 16.9. The normalized spacial score (nSPS) is 21.1. The first-order valence-corrected chi connectivity index (χ1v) is 14.4. The van der Waals surface area contributed by atoms with Crippen LogP contribution in [0.15, 0.2) is 40.9 Å². The van der Waals surface area contributed by atoms with E-state index < -0.39 is 29.8 Å². The first-order chi connectivity index (χ1) is 21.7. The number of alkyl halides is 3. The number of carboxylic acids is 1. The van der Waals surface area contributed by atoms with Crippen LogP contribution in [0.2, 0.25) is 0 Å². The monoisotopic (exact) mass is 654 g/mol. The number of rotatable bonds is 7. The SMILES string of the molecule is COc1ccc(C23CCC(NC(=O)Nc4ccc(F)c(F)c4)CC2N(Cc2c(C)noc2C)CC3)cc1OC.O=C(O)C(F)(F)F. The van der Waals surface area contributed by atoms with Crippen LogP contribution in [0.5, 0.6) is 11.5 Å². The number of hydrogen-bond donors (Lipinski definition) is 3. The Morgan fingerprint density at radius 2 is 1.76 bits per heavy atom. The molecular formula is C31H35F5N4O6. The first-order valence-electron chi connectivity index (χ1n) is 14.4. The molecule has 3 unspecified atom stereocenters. The van der Waals surface area contributed by atoms with E-state index >= 15 is 0 Å². The Morgan fingerprint density at radius 1 is 1.07 bits per heavy atom. The minimum Gasteiger partial charge on any atom is -0.493 e. The van der Waals surface area contributed by atoms with E-state index in [1.165, 1.54) is 11.6 Å². The first kappa shape index (κ1) is 34.5. The molecule has 1 aliphatic carbocycles. The van der Waals surface area contributed by atoms with Crippen LogP contribution in [-0.4, -0.2) is 66.2 Å². The van der Waals surface area contributed by atoms with Gasteiger partial charge < -0.3 is 29.7 Å². The molecule has 2 heterocycles. The van der Waals surface area contributed by atoms with Crippen molar-refractivity contribution in [3.63, 3.8) is 0 Å². The summed E-state index contributed by atoms with van der Waals surface area (Å²) in [4.78, 5) is 24.2. The standard InChI is InChI=1S/C29H34F2N4O4.C2HF3O2/c1-17-22(18(2)39-34-17)16-35-12-11-29(19-5-8-25(37-3)26(13-19)38-4)10-9-21(15-27(29)35)33-28(36)32-20-6-7-23(30)24(31)14-20;3-2(4,5)1(6)7/h5-8,13-14,21,27H,9-12,15-16H2,1-4H3,(H2,32,33,36);(H,6,7). The molecule has 250 valence electrons. The Morgan fingerprint density at radius 3 is 2.35 bits per heavy atom. The molecule has 1 aliphatic heterocycles. The predicted octanol–water partition coefficient (Wildman–Crippen LogP) is 6.11. The number of aryl methyl sites for hydroxylation is 2. The largest absolute Gasteiger partial charge is 0.493 e. The molecule has 1 saturated heterocycles. The van der Waals surface area contributed by atoms with Crippen LogP contribution in [0.3, 0.4) is 0 Å². The van der Waals surface area contributed by atoms with Crippen LogP contribution >= 0.6 is 0 Å². The van der Waals surface area contributed by atoms with Crippen LogP contribution in [0.4, 0.5) is 32.4 Å². The fourth-order valence-electron chi connectivity index (χ4n) is 6.30. The van der Waals surface area contributed by atoms with Gasteiger partial charge in [0.25, 0.3) is 0 Å². The molecule has 3 atom stereocenters. The average Bonchev–Trinajstić information content (AvgIpc) is 3.53. The number of aromatic nitrogens is 1. The lowest BCUT2D eigenvalue weighted by molar-refractivity contribution is -0.192.